The van der Waals surface area contributed by atoms with Gasteiger partial charge in [0, 0.05) is 16.6 Å². The van der Waals surface area contributed by atoms with Gasteiger partial charge in [-0.15, -0.1) is 11.6 Å². The molecule has 1 rings (SSSR count). The number of nitrogens with zero attached hydrogens (tertiary/aromatic N) is 1. The van der Waals surface area contributed by atoms with Crippen molar-refractivity contribution >= 4 is 31.3 Å². The summed E-state index contributed by atoms with van der Waals surface area (Å²) < 4.78 is 22.6. The average molecular weight is 278 g/mol. The van der Waals surface area contributed by atoms with Crippen LogP contribution in [0.3, 0.4) is 0 Å². The van der Waals surface area contributed by atoms with Crippen LogP contribution in [0.5, 0.6) is 0 Å². The third-order valence-electron chi connectivity index (χ3n) is 2.19. The van der Waals surface area contributed by atoms with E-state index in [4.69, 9.17) is 27.5 Å². The summed E-state index contributed by atoms with van der Waals surface area (Å²) in [6.07, 6.45) is 0.560. The van der Waals surface area contributed by atoms with Gasteiger partial charge in [0.05, 0.1) is 16.5 Å². The third-order valence-corrected chi connectivity index (χ3v) is 3.89. The minimum absolute atomic E-state index is 0.0000420. The van der Waals surface area contributed by atoms with Crippen LogP contribution in [0.2, 0.25) is 0 Å². The van der Waals surface area contributed by atoms with E-state index in [0.717, 1.165) is 0 Å². The van der Waals surface area contributed by atoms with Crippen LogP contribution in [0.25, 0.3) is 0 Å². The van der Waals surface area contributed by atoms with Crippen molar-refractivity contribution in [2.45, 2.75) is 24.1 Å². The Labute approximate surface area is 104 Å². The van der Waals surface area contributed by atoms with E-state index in [9.17, 15) is 8.42 Å². The number of aryl methyl sites for hydroxylation is 1. The highest BCUT2D eigenvalue weighted by atomic mass is 35.7. The van der Waals surface area contributed by atoms with Gasteiger partial charge >= 0.3 is 0 Å². The van der Waals surface area contributed by atoms with Crippen LogP contribution in [0, 0.1) is 11.3 Å². The molecule has 0 bridgehead atoms. The fourth-order valence-electron chi connectivity index (χ4n) is 1.39. The van der Waals surface area contributed by atoms with Gasteiger partial charge in [0.2, 0.25) is 0 Å². The van der Waals surface area contributed by atoms with Gasteiger partial charge in [-0.1, -0.05) is 6.92 Å². The van der Waals surface area contributed by atoms with Crippen molar-refractivity contribution in [3.63, 3.8) is 0 Å². The topological polar surface area (TPSA) is 57.9 Å². The molecule has 0 aliphatic carbocycles. The Morgan fingerprint density at radius 3 is 2.38 bits per heavy atom. The normalized spacial score (nSPS) is 11.1. The molecule has 0 aromatic heterocycles. The number of benzene rings is 1. The Morgan fingerprint density at radius 1 is 1.38 bits per heavy atom. The summed E-state index contributed by atoms with van der Waals surface area (Å²) in [6.45, 7) is 1.83. The highest BCUT2D eigenvalue weighted by Crippen LogP contribution is 2.25. The molecule has 6 heteroatoms. The predicted molar refractivity (Wildman–Crippen MR) is 63.1 cm³/mol. The lowest BCUT2D eigenvalue weighted by Gasteiger charge is -2.08. The standard InChI is InChI=1S/C10H9Cl2NO2S/c1-2-7-4-10(16(12,14)15)8(5-11)3-9(7)6-13/h3-4H,2,5H2,1H3. The van der Waals surface area contributed by atoms with Gasteiger partial charge in [-0.25, -0.2) is 8.42 Å². The molecule has 0 aliphatic heterocycles. The molecule has 0 fully saturated rings. The Hall–Kier alpha value is -0.760. The van der Waals surface area contributed by atoms with Crippen molar-refractivity contribution in [1.29, 1.82) is 5.26 Å². The van der Waals surface area contributed by atoms with Crippen LogP contribution in [0.15, 0.2) is 17.0 Å². The van der Waals surface area contributed by atoms with E-state index in [0.29, 0.717) is 23.1 Å². The van der Waals surface area contributed by atoms with E-state index < -0.39 is 9.05 Å². The van der Waals surface area contributed by atoms with Gasteiger partial charge in [-0.2, -0.15) is 5.26 Å². The molecule has 0 saturated heterocycles. The first kappa shape index (κ1) is 13.3. The minimum Gasteiger partial charge on any atom is -0.207 e. The Kier molecular flexibility index (Phi) is 4.20. The molecule has 0 saturated carbocycles. The number of nitriles is 1. The maximum atomic E-state index is 11.3. The Bertz CT molecular complexity index is 547. The maximum absolute atomic E-state index is 11.3. The lowest BCUT2D eigenvalue weighted by Crippen LogP contribution is -2.00. The van der Waals surface area contributed by atoms with Gasteiger partial charge in [-0.05, 0) is 29.7 Å². The summed E-state index contributed by atoms with van der Waals surface area (Å²) in [4.78, 5) is -0.0139. The third kappa shape index (κ3) is 2.67. The summed E-state index contributed by atoms with van der Waals surface area (Å²) >= 11 is 5.63. The van der Waals surface area contributed by atoms with Crippen molar-refractivity contribution in [3.05, 3.63) is 28.8 Å². The van der Waals surface area contributed by atoms with Gasteiger partial charge in [0.25, 0.3) is 9.05 Å². The summed E-state index contributed by atoms with van der Waals surface area (Å²) in [7, 11) is 1.47. The molecule has 0 atom stereocenters. The van der Waals surface area contributed by atoms with Crippen LogP contribution >= 0.6 is 22.3 Å². The fourth-order valence-corrected chi connectivity index (χ4v) is 2.85. The number of alkyl halides is 1. The van der Waals surface area contributed by atoms with Gasteiger partial charge in [0.15, 0.2) is 0 Å². The average Bonchev–Trinajstić information content (AvgIpc) is 2.25. The molecule has 0 unspecified atom stereocenters. The molecular weight excluding hydrogens is 269 g/mol. The smallest absolute Gasteiger partial charge is 0.207 e. The Balaban J connectivity index is 3.58. The zero-order valence-corrected chi connectivity index (χ0v) is 10.8. The SMILES string of the molecule is CCc1cc(S(=O)(=O)Cl)c(CCl)cc1C#N. The zero-order chi connectivity index (χ0) is 12.3. The molecule has 0 N–H and O–H groups in total. The molecule has 3 nitrogen and oxygen atoms in total. The maximum Gasteiger partial charge on any atom is 0.261 e. The predicted octanol–water partition coefficient (Wildman–Crippen LogP) is 2.79. The van der Waals surface area contributed by atoms with Gasteiger partial charge in [-0.3, -0.25) is 0 Å². The quantitative estimate of drug-likeness (QED) is 0.631. The second-order valence-corrected chi connectivity index (χ2v) is 5.96. The van der Waals surface area contributed by atoms with Crippen LogP contribution in [0.4, 0.5) is 0 Å². The van der Waals surface area contributed by atoms with Crippen molar-refractivity contribution in [2.75, 3.05) is 0 Å². The lowest BCUT2D eigenvalue weighted by atomic mass is 10.0. The summed E-state index contributed by atoms with van der Waals surface area (Å²) in [6, 6.07) is 4.89. The van der Waals surface area contributed by atoms with E-state index in [1.165, 1.54) is 12.1 Å². The van der Waals surface area contributed by atoms with Crippen molar-refractivity contribution in [3.8, 4) is 6.07 Å². The van der Waals surface area contributed by atoms with Gasteiger partial charge in [0.1, 0.15) is 0 Å². The molecule has 0 amide bonds. The van der Waals surface area contributed by atoms with Crippen molar-refractivity contribution < 1.29 is 8.42 Å². The number of hydrogen-bond acceptors (Lipinski definition) is 3. The first-order chi connectivity index (χ1) is 7.43. The largest absolute Gasteiger partial charge is 0.261 e. The van der Waals surface area contributed by atoms with Crippen molar-refractivity contribution in [1.82, 2.24) is 0 Å². The van der Waals surface area contributed by atoms with Crippen LogP contribution < -0.4 is 0 Å². The lowest BCUT2D eigenvalue weighted by molar-refractivity contribution is 0.609. The van der Waals surface area contributed by atoms with Crippen LogP contribution in [-0.4, -0.2) is 8.42 Å². The molecule has 1 aromatic carbocycles. The van der Waals surface area contributed by atoms with E-state index in [-0.39, 0.29) is 10.8 Å². The molecule has 1 aromatic rings. The number of rotatable bonds is 3. The molecule has 0 heterocycles. The van der Waals surface area contributed by atoms with Crippen LogP contribution in [0.1, 0.15) is 23.6 Å². The highest BCUT2D eigenvalue weighted by molar-refractivity contribution is 8.13. The van der Waals surface area contributed by atoms with E-state index in [1.807, 2.05) is 13.0 Å². The van der Waals surface area contributed by atoms with Crippen LogP contribution in [-0.2, 0) is 21.4 Å². The fraction of sp³-hybridized carbons (Fsp3) is 0.300. The number of halogens is 2. The Morgan fingerprint density at radius 2 is 2.00 bits per heavy atom. The number of hydrogen-bond donors (Lipinski definition) is 0. The van der Waals surface area contributed by atoms with E-state index >= 15 is 0 Å². The highest BCUT2D eigenvalue weighted by Gasteiger charge is 2.17. The molecule has 86 valence electrons. The summed E-state index contributed by atoms with van der Waals surface area (Å²) in [5.74, 6) is -0.0000420. The summed E-state index contributed by atoms with van der Waals surface area (Å²) in [5.41, 5.74) is 1.43. The minimum atomic E-state index is -3.82. The first-order valence-electron chi connectivity index (χ1n) is 4.50. The molecule has 0 radical (unpaired) electrons. The summed E-state index contributed by atoms with van der Waals surface area (Å²) in [5, 5.41) is 8.89. The molecule has 0 aliphatic rings. The molecular formula is C10H9Cl2NO2S. The second kappa shape index (κ2) is 5.05. The van der Waals surface area contributed by atoms with Crippen molar-refractivity contribution in [2.24, 2.45) is 0 Å². The van der Waals surface area contributed by atoms with Gasteiger partial charge < -0.3 is 0 Å². The second-order valence-electron chi connectivity index (χ2n) is 3.15. The zero-order valence-electron chi connectivity index (χ0n) is 8.50. The monoisotopic (exact) mass is 277 g/mol. The van der Waals surface area contributed by atoms with E-state index in [2.05, 4.69) is 0 Å². The first-order valence-corrected chi connectivity index (χ1v) is 7.35. The van der Waals surface area contributed by atoms with E-state index in [1.54, 1.807) is 0 Å². The molecule has 0 spiro atoms. The molecule has 16 heavy (non-hydrogen) atoms.